The van der Waals surface area contributed by atoms with Crippen LogP contribution in [0.25, 0.3) is 6.08 Å². The van der Waals surface area contributed by atoms with Gasteiger partial charge in [0.2, 0.25) is 11.8 Å². The molecule has 2 amide bonds. The van der Waals surface area contributed by atoms with Gasteiger partial charge in [0.1, 0.15) is 6.04 Å². The summed E-state index contributed by atoms with van der Waals surface area (Å²) in [7, 11) is 0. The molecule has 3 heterocycles. The minimum Gasteiger partial charge on any atom is -0.358 e. The summed E-state index contributed by atoms with van der Waals surface area (Å²) in [5.41, 5.74) is 2.90. The molecule has 0 spiro atoms. The first-order valence-electron chi connectivity index (χ1n) is 10.9. The number of nitrogens with zero attached hydrogens (tertiary/aromatic N) is 2. The number of hydrogen-bond acceptors (Lipinski definition) is 4. The van der Waals surface area contributed by atoms with E-state index in [-0.39, 0.29) is 17.6 Å². The van der Waals surface area contributed by atoms with Crippen LogP contribution in [0.15, 0.2) is 83.5 Å². The van der Waals surface area contributed by atoms with Crippen molar-refractivity contribution in [3.05, 3.63) is 105 Å². The van der Waals surface area contributed by atoms with Crippen molar-refractivity contribution in [3.8, 4) is 0 Å². The van der Waals surface area contributed by atoms with E-state index in [1.54, 1.807) is 42.5 Å². The number of anilines is 1. The Morgan fingerprint density at radius 3 is 2.38 bits per heavy atom. The van der Waals surface area contributed by atoms with Gasteiger partial charge in [0, 0.05) is 21.3 Å². The monoisotopic (exact) mass is 532 g/mol. The van der Waals surface area contributed by atoms with Crippen LogP contribution in [0, 0.1) is 11.8 Å². The van der Waals surface area contributed by atoms with Gasteiger partial charge in [-0.2, -0.15) is 0 Å². The van der Waals surface area contributed by atoms with Crippen LogP contribution in [-0.4, -0.2) is 28.5 Å². The molecule has 5 nitrogen and oxygen atoms in total. The van der Waals surface area contributed by atoms with Gasteiger partial charge in [0.05, 0.1) is 23.6 Å². The third kappa shape index (κ3) is 3.09. The highest BCUT2D eigenvalue weighted by molar-refractivity contribution is 9.10. The van der Waals surface area contributed by atoms with Crippen molar-refractivity contribution >= 4 is 56.9 Å². The van der Waals surface area contributed by atoms with E-state index < -0.39 is 23.9 Å². The van der Waals surface area contributed by atoms with Gasteiger partial charge in [-0.25, -0.2) is 4.90 Å². The molecule has 3 aliphatic rings. The fraction of sp³-hybridized carbons (Fsp3) is 0.148. The number of fused-ring (bicyclic) bond motifs is 5. The van der Waals surface area contributed by atoms with Crippen LogP contribution in [-0.2, 0) is 9.59 Å². The standard InChI is InChI=1S/C27H18BrClN2O3/c28-17-5-3-6-19(14-17)31-26(33)21-22(27(31)34)24(25(32)16-8-10-18(29)11-9-16)30-13-12-15-4-1-2-7-20(15)23(21)30/h1-14,21-24H/t21-,22-,23+,24+/m1/s1. The van der Waals surface area contributed by atoms with Gasteiger partial charge < -0.3 is 4.90 Å². The molecule has 34 heavy (non-hydrogen) atoms. The molecule has 0 bridgehead atoms. The molecule has 2 fully saturated rings. The number of ketones is 1. The molecule has 0 radical (unpaired) electrons. The number of halogens is 2. The highest BCUT2D eigenvalue weighted by Gasteiger charge is 2.64. The maximum atomic E-state index is 13.8. The molecular formula is C27H18BrClN2O3. The van der Waals surface area contributed by atoms with E-state index in [1.807, 2.05) is 47.5 Å². The van der Waals surface area contributed by atoms with Crippen molar-refractivity contribution in [2.24, 2.45) is 11.8 Å². The molecule has 3 aromatic rings. The molecule has 3 aromatic carbocycles. The molecule has 6 rings (SSSR count). The lowest BCUT2D eigenvalue weighted by molar-refractivity contribution is -0.123. The van der Waals surface area contributed by atoms with Gasteiger partial charge in [0.25, 0.3) is 0 Å². The zero-order valence-electron chi connectivity index (χ0n) is 17.8. The Labute approximate surface area is 209 Å². The SMILES string of the molecule is O=C(c1ccc(Cl)cc1)[C@@H]1[C@@H]2C(=O)N(c3cccc(Br)c3)C(=O)[C@H]2[C@@H]2c3ccccc3C=CN12. The average Bonchev–Trinajstić information content (AvgIpc) is 3.31. The second-order valence-electron chi connectivity index (χ2n) is 8.70. The second kappa shape index (κ2) is 7.93. The minimum absolute atomic E-state index is 0.199. The summed E-state index contributed by atoms with van der Waals surface area (Å²) >= 11 is 9.46. The number of carbonyl (C=O) groups is 3. The van der Waals surface area contributed by atoms with Gasteiger partial charge >= 0.3 is 0 Å². The summed E-state index contributed by atoms with van der Waals surface area (Å²) < 4.78 is 0.768. The average molecular weight is 534 g/mol. The van der Waals surface area contributed by atoms with Crippen molar-refractivity contribution in [3.63, 3.8) is 0 Å². The molecular weight excluding hydrogens is 516 g/mol. The number of amides is 2. The van der Waals surface area contributed by atoms with Crippen LogP contribution in [0.5, 0.6) is 0 Å². The van der Waals surface area contributed by atoms with Gasteiger partial charge in [-0.3, -0.25) is 14.4 Å². The number of carbonyl (C=O) groups excluding carboxylic acids is 3. The summed E-state index contributed by atoms with van der Waals surface area (Å²) in [6, 6.07) is 20.4. The Hall–Kier alpha value is -3.22. The van der Waals surface area contributed by atoms with Crippen molar-refractivity contribution in [1.29, 1.82) is 0 Å². The number of hydrogen-bond donors (Lipinski definition) is 0. The first kappa shape index (κ1) is 21.3. The molecule has 7 heteroatoms. The van der Waals surface area contributed by atoms with E-state index in [1.165, 1.54) is 4.90 Å². The van der Waals surface area contributed by atoms with Crippen molar-refractivity contribution in [2.75, 3.05) is 4.90 Å². The van der Waals surface area contributed by atoms with E-state index in [4.69, 9.17) is 11.6 Å². The molecule has 2 saturated heterocycles. The Bertz CT molecular complexity index is 1390. The molecule has 0 unspecified atom stereocenters. The summed E-state index contributed by atoms with van der Waals surface area (Å²) in [4.78, 5) is 44.6. The highest BCUT2D eigenvalue weighted by Crippen LogP contribution is 2.53. The lowest BCUT2D eigenvalue weighted by Crippen LogP contribution is -2.44. The lowest BCUT2D eigenvalue weighted by atomic mass is 9.83. The summed E-state index contributed by atoms with van der Waals surface area (Å²) in [6.45, 7) is 0. The fourth-order valence-corrected chi connectivity index (χ4v) is 6.02. The second-order valence-corrected chi connectivity index (χ2v) is 10.0. The van der Waals surface area contributed by atoms with Crippen molar-refractivity contribution < 1.29 is 14.4 Å². The van der Waals surface area contributed by atoms with E-state index in [9.17, 15) is 14.4 Å². The van der Waals surface area contributed by atoms with Crippen LogP contribution in [0.1, 0.15) is 27.5 Å². The Morgan fingerprint density at radius 2 is 1.62 bits per heavy atom. The number of Topliss-reactive ketones (excluding diaryl/α,β-unsaturated/α-hetero) is 1. The first-order chi connectivity index (χ1) is 16.5. The van der Waals surface area contributed by atoms with E-state index in [0.29, 0.717) is 16.3 Å². The molecule has 0 aliphatic carbocycles. The third-order valence-electron chi connectivity index (χ3n) is 6.93. The predicted molar refractivity (Wildman–Crippen MR) is 133 cm³/mol. The molecule has 4 atom stereocenters. The van der Waals surface area contributed by atoms with Crippen LogP contribution >= 0.6 is 27.5 Å². The highest BCUT2D eigenvalue weighted by atomic mass is 79.9. The molecule has 0 N–H and O–H groups in total. The largest absolute Gasteiger partial charge is 0.358 e. The normalized spacial score (nSPS) is 24.8. The van der Waals surface area contributed by atoms with Gasteiger partial charge in [-0.1, -0.05) is 57.9 Å². The summed E-state index contributed by atoms with van der Waals surface area (Å²) in [6.07, 6.45) is 3.80. The Balaban J connectivity index is 1.50. The van der Waals surface area contributed by atoms with Crippen molar-refractivity contribution in [2.45, 2.75) is 12.1 Å². The Kier molecular flexibility index (Phi) is 4.97. The summed E-state index contributed by atoms with van der Waals surface area (Å²) in [5, 5.41) is 0.526. The minimum atomic E-state index is -0.797. The first-order valence-corrected chi connectivity index (χ1v) is 12.1. The van der Waals surface area contributed by atoms with Crippen LogP contribution in [0.4, 0.5) is 5.69 Å². The maximum absolute atomic E-state index is 13.8. The smallest absolute Gasteiger partial charge is 0.240 e. The number of rotatable bonds is 3. The maximum Gasteiger partial charge on any atom is 0.240 e. The third-order valence-corrected chi connectivity index (χ3v) is 7.67. The van der Waals surface area contributed by atoms with Gasteiger partial charge in [-0.15, -0.1) is 0 Å². The molecule has 3 aliphatic heterocycles. The van der Waals surface area contributed by atoms with Crippen LogP contribution in [0.2, 0.25) is 5.02 Å². The Morgan fingerprint density at radius 1 is 0.882 bits per heavy atom. The summed E-state index contributed by atoms with van der Waals surface area (Å²) in [5.74, 6) is -2.29. The van der Waals surface area contributed by atoms with Crippen LogP contribution in [0.3, 0.4) is 0 Å². The predicted octanol–water partition coefficient (Wildman–Crippen LogP) is 5.50. The number of imide groups is 1. The van der Waals surface area contributed by atoms with Crippen molar-refractivity contribution in [1.82, 2.24) is 4.90 Å². The topological polar surface area (TPSA) is 57.7 Å². The zero-order chi connectivity index (χ0) is 23.6. The van der Waals surface area contributed by atoms with E-state index >= 15 is 0 Å². The van der Waals surface area contributed by atoms with Crippen LogP contribution < -0.4 is 4.90 Å². The zero-order valence-corrected chi connectivity index (χ0v) is 20.1. The molecule has 0 aromatic heterocycles. The molecule has 0 saturated carbocycles. The lowest BCUT2D eigenvalue weighted by Gasteiger charge is -2.35. The van der Waals surface area contributed by atoms with Gasteiger partial charge in [-0.05, 0) is 59.7 Å². The quantitative estimate of drug-likeness (QED) is 0.330. The number of benzene rings is 3. The molecule has 168 valence electrons. The van der Waals surface area contributed by atoms with Gasteiger partial charge in [0.15, 0.2) is 5.78 Å². The van der Waals surface area contributed by atoms with E-state index in [2.05, 4.69) is 15.9 Å². The van der Waals surface area contributed by atoms with E-state index in [0.717, 1.165) is 15.6 Å². The fourth-order valence-electron chi connectivity index (χ4n) is 5.51.